The Morgan fingerprint density at radius 1 is 1.46 bits per heavy atom. The molecule has 0 aliphatic carbocycles. The Labute approximate surface area is 159 Å². The van der Waals surface area contributed by atoms with Crippen molar-refractivity contribution < 1.29 is 24.7 Å². The molecule has 5 N–H and O–H groups in total. The molecule has 0 saturated carbocycles. The van der Waals surface area contributed by atoms with Crippen LogP contribution in [0.5, 0.6) is 5.75 Å². The second kappa shape index (κ2) is 10.0. The first-order valence-electron chi connectivity index (χ1n) is 7.59. The average molecular weight is 387 g/mol. The Balaban J connectivity index is 3.48. The van der Waals surface area contributed by atoms with Crippen LogP contribution in [0.3, 0.4) is 0 Å². The van der Waals surface area contributed by atoms with Crippen molar-refractivity contribution in [2.24, 2.45) is 10.7 Å². The van der Waals surface area contributed by atoms with Gasteiger partial charge in [0, 0.05) is 6.20 Å². The maximum atomic E-state index is 12.5. The van der Waals surface area contributed by atoms with Crippen LogP contribution in [0.15, 0.2) is 71.3 Å². The topological polar surface area (TPSA) is 181 Å². The van der Waals surface area contributed by atoms with E-state index in [2.05, 4.69) is 21.9 Å². The van der Waals surface area contributed by atoms with E-state index in [4.69, 9.17) is 5.73 Å². The van der Waals surface area contributed by atoms with Crippen LogP contribution in [0.1, 0.15) is 6.92 Å². The van der Waals surface area contributed by atoms with Gasteiger partial charge < -0.3 is 25.6 Å². The minimum Gasteiger partial charge on any atom is -0.504 e. The Bertz CT molecular complexity index is 930. The first kappa shape index (κ1) is 21.8. The molecular formula is C17H17N5O6. The average Bonchev–Trinajstić information content (AvgIpc) is 2.64. The number of carbonyl (C=O) groups is 2. The van der Waals surface area contributed by atoms with Crippen molar-refractivity contribution in [1.29, 1.82) is 0 Å². The smallest absolute Gasteiger partial charge is 0.337 e. The maximum Gasteiger partial charge on any atom is 0.337 e. The number of aromatic hydroxyl groups is 1. The fourth-order valence-corrected chi connectivity index (χ4v) is 1.79. The minimum atomic E-state index is -1.34. The number of aliphatic imine (C=N–C) groups is 1. The maximum absolute atomic E-state index is 12.5. The molecule has 1 amide bonds. The van der Waals surface area contributed by atoms with Crippen molar-refractivity contribution in [3.05, 3.63) is 76.4 Å². The highest BCUT2D eigenvalue weighted by Crippen LogP contribution is 2.22. The van der Waals surface area contributed by atoms with E-state index in [9.17, 15) is 29.9 Å². The zero-order valence-corrected chi connectivity index (χ0v) is 14.7. The van der Waals surface area contributed by atoms with Gasteiger partial charge in [-0.25, -0.2) is 14.8 Å². The monoisotopic (exact) mass is 387 g/mol. The van der Waals surface area contributed by atoms with Crippen molar-refractivity contribution in [1.82, 2.24) is 10.3 Å². The van der Waals surface area contributed by atoms with Crippen LogP contribution in [0, 0.1) is 10.1 Å². The summed E-state index contributed by atoms with van der Waals surface area (Å²) in [6.07, 6.45) is 5.67. The van der Waals surface area contributed by atoms with E-state index in [0.717, 1.165) is 6.08 Å². The van der Waals surface area contributed by atoms with E-state index in [1.807, 2.05) is 0 Å². The molecule has 0 spiro atoms. The van der Waals surface area contributed by atoms with Gasteiger partial charge in [0.25, 0.3) is 5.91 Å². The quantitative estimate of drug-likeness (QED) is 0.168. The molecule has 1 aromatic heterocycles. The van der Waals surface area contributed by atoms with Gasteiger partial charge in [-0.05, 0) is 36.1 Å². The molecule has 1 heterocycles. The number of nitrogens with zero attached hydrogens (tertiary/aromatic N) is 3. The molecule has 146 valence electrons. The summed E-state index contributed by atoms with van der Waals surface area (Å²) in [5.41, 5.74) is 4.20. The molecule has 0 radical (unpaired) electrons. The van der Waals surface area contributed by atoms with Crippen molar-refractivity contribution >= 4 is 23.4 Å². The second-order valence-electron chi connectivity index (χ2n) is 4.96. The van der Waals surface area contributed by atoms with Gasteiger partial charge in [0.1, 0.15) is 5.71 Å². The molecule has 0 aliphatic heterocycles. The predicted octanol–water partition coefficient (Wildman–Crippen LogP) is 1.15. The number of pyridine rings is 1. The number of carboxylic acids is 1. The zero-order chi connectivity index (χ0) is 21.3. The van der Waals surface area contributed by atoms with E-state index in [1.165, 1.54) is 30.5 Å². The highest BCUT2D eigenvalue weighted by atomic mass is 16.6. The van der Waals surface area contributed by atoms with Gasteiger partial charge in [-0.2, -0.15) is 0 Å². The number of amides is 1. The van der Waals surface area contributed by atoms with Crippen molar-refractivity contribution in [3.8, 4) is 5.75 Å². The van der Waals surface area contributed by atoms with Crippen LogP contribution in [-0.2, 0) is 9.59 Å². The van der Waals surface area contributed by atoms with Gasteiger partial charge in [0.2, 0.25) is 0 Å². The van der Waals surface area contributed by atoms with Gasteiger partial charge >= 0.3 is 11.8 Å². The lowest BCUT2D eigenvalue weighted by Crippen LogP contribution is -2.31. The molecule has 0 fully saturated rings. The van der Waals surface area contributed by atoms with Crippen LogP contribution >= 0.6 is 0 Å². The van der Waals surface area contributed by atoms with Crippen LogP contribution in [0.2, 0.25) is 0 Å². The molecule has 11 nitrogen and oxygen atoms in total. The molecular weight excluding hydrogens is 370 g/mol. The van der Waals surface area contributed by atoms with E-state index < -0.39 is 28.3 Å². The molecule has 28 heavy (non-hydrogen) atoms. The van der Waals surface area contributed by atoms with Crippen LogP contribution in [-0.4, -0.2) is 37.7 Å². The molecule has 0 saturated heterocycles. The third-order valence-electron chi connectivity index (χ3n) is 3.03. The number of aliphatic carboxylic acids is 1. The Morgan fingerprint density at radius 2 is 2.14 bits per heavy atom. The summed E-state index contributed by atoms with van der Waals surface area (Å²) >= 11 is 0. The van der Waals surface area contributed by atoms with Crippen molar-refractivity contribution in [2.75, 3.05) is 0 Å². The van der Waals surface area contributed by atoms with Gasteiger partial charge in [0.05, 0.1) is 17.3 Å². The summed E-state index contributed by atoms with van der Waals surface area (Å²) in [6.45, 7) is 5.01. The summed E-state index contributed by atoms with van der Waals surface area (Å²) in [7, 11) is 0. The third kappa shape index (κ3) is 5.91. The van der Waals surface area contributed by atoms with E-state index in [-0.39, 0.29) is 22.8 Å². The zero-order valence-electron chi connectivity index (χ0n) is 14.7. The van der Waals surface area contributed by atoms with Gasteiger partial charge in [0.15, 0.2) is 11.6 Å². The number of rotatable bonds is 8. The van der Waals surface area contributed by atoms with Gasteiger partial charge in [-0.3, -0.25) is 10.5 Å². The fraction of sp³-hybridized carbons (Fsp3) is 0.0588. The normalized spacial score (nSPS) is 13.0. The standard InChI is InChI=1S/C17H17N5O6/c1-3-6-10(17(25)26)11(4-2)21-16(24)12(9-14(18)22(27)28)20-15-13(23)7-5-8-19-15/h3-9,23H,2,18H2,1H3,(H,21,24)(H,25,26)/b6-3-,11-10-,14-9+,20-12-. The highest BCUT2D eigenvalue weighted by Gasteiger charge is 2.18. The largest absolute Gasteiger partial charge is 0.504 e. The molecule has 0 aliphatic rings. The van der Waals surface area contributed by atoms with Gasteiger partial charge in [-0.15, -0.1) is 0 Å². The molecule has 0 aromatic carbocycles. The lowest BCUT2D eigenvalue weighted by atomic mass is 10.1. The first-order valence-corrected chi connectivity index (χ1v) is 7.59. The number of carbonyl (C=O) groups excluding carboxylic acids is 1. The van der Waals surface area contributed by atoms with E-state index in [1.54, 1.807) is 6.92 Å². The lowest BCUT2D eigenvalue weighted by molar-refractivity contribution is -0.426. The minimum absolute atomic E-state index is 0.179. The lowest BCUT2D eigenvalue weighted by Gasteiger charge is -2.09. The number of carboxylic acid groups (broad SMARTS) is 1. The number of nitrogens with one attached hydrogen (secondary N) is 1. The Hall–Kier alpha value is -4.28. The summed E-state index contributed by atoms with van der Waals surface area (Å²) in [6, 6.07) is 2.65. The number of aromatic nitrogens is 1. The van der Waals surface area contributed by atoms with E-state index >= 15 is 0 Å². The van der Waals surface area contributed by atoms with Crippen LogP contribution < -0.4 is 11.1 Å². The number of hydrogen-bond acceptors (Lipinski definition) is 8. The molecule has 11 heteroatoms. The Kier molecular flexibility index (Phi) is 7.78. The van der Waals surface area contributed by atoms with Crippen molar-refractivity contribution in [2.45, 2.75) is 6.92 Å². The molecule has 0 atom stereocenters. The van der Waals surface area contributed by atoms with Crippen LogP contribution in [0.25, 0.3) is 0 Å². The summed E-state index contributed by atoms with van der Waals surface area (Å²) in [5.74, 6) is -3.96. The number of allylic oxidation sites excluding steroid dienone is 2. The van der Waals surface area contributed by atoms with Gasteiger partial charge in [-0.1, -0.05) is 12.7 Å². The second-order valence-corrected chi connectivity index (χ2v) is 4.96. The molecule has 0 unspecified atom stereocenters. The summed E-state index contributed by atoms with van der Waals surface area (Å²) < 4.78 is 0. The van der Waals surface area contributed by atoms with E-state index in [0.29, 0.717) is 6.08 Å². The highest BCUT2D eigenvalue weighted by molar-refractivity contribution is 6.44. The first-order chi connectivity index (χ1) is 13.2. The van der Waals surface area contributed by atoms with Crippen molar-refractivity contribution in [3.63, 3.8) is 0 Å². The molecule has 0 bridgehead atoms. The summed E-state index contributed by atoms with van der Waals surface area (Å²) in [5, 5.41) is 32.0. The number of nitrogens with two attached hydrogens (primary N) is 1. The molecule has 1 rings (SSSR count). The number of hydrogen-bond donors (Lipinski definition) is 4. The Morgan fingerprint density at radius 3 is 2.64 bits per heavy atom. The predicted molar refractivity (Wildman–Crippen MR) is 100 cm³/mol. The number of nitro groups is 1. The summed E-state index contributed by atoms with van der Waals surface area (Å²) in [4.78, 5) is 41.2. The fourth-order valence-electron chi connectivity index (χ4n) is 1.79. The SMILES string of the molecule is C=C/C(NC(=O)C(/C=C(\N)[N+](=O)[O-])=N\c1ncccc1O)=C(\C=C/C)C(=O)O. The molecule has 1 aromatic rings. The third-order valence-corrected chi connectivity index (χ3v) is 3.03. The van der Waals surface area contributed by atoms with Crippen LogP contribution in [0.4, 0.5) is 5.82 Å².